The lowest BCUT2D eigenvalue weighted by atomic mass is 10.0. The predicted octanol–water partition coefficient (Wildman–Crippen LogP) is 7.79. The molecule has 0 saturated carbocycles. The fourth-order valence-corrected chi connectivity index (χ4v) is 4.40. The lowest BCUT2D eigenvalue weighted by Crippen LogP contribution is -2.04. The number of carboxylic acid groups (broad SMARTS) is 1. The van der Waals surface area contributed by atoms with E-state index >= 15 is 0 Å². The molecule has 0 spiro atoms. The van der Waals surface area contributed by atoms with Gasteiger partial charge in [-0.15, -0.1) is 0 Å². The zero-order valence-corrected chi connectivity index (χ0v) is 26.3. The third-order valence-electron chi connectivity index (χ3n) is 6.05. The maximum absolute atomic E-state index is 11.4. The minimum atomic E-state index is -1.02. The SMILES string of the molecule is COC(=O)c1ccc(C(=O)O)cc1.COC(=O)c1ccc(C2=Nc3cc(Cl)c(Cl)cc3C2)cc1.Nc1cc(Cl)c(Cl)cc1N. The third-order valence-corrected chi connectivity index (χ3v) is 7.50. The van der Waals surface area contributed by atoms with Gasteiger partial charge in [-0.3, -0.25) is 4.99 Å². The van der Waals surface area contributed by atoms with Gasteiger partial charge in [-0.1, -0.05) is 58.5 Å². The highest BCUT2D eigenvalue weighted by Crippen LogP contribution is 2.36. The molecule has 0 bridgehead atoms. The minimum Gasteiger partial charge on any atom is -0.478 e. The number of aromatic carboxylic acids is 1. The summed E-state index contributed by atoms with van der Waals surface area (Å²) in [6.07, 6.45) is 0.698. The largest absolute Gasteiger partial charge is 0.478 e. The van der Waals surface area contributed by atoms with Crippen LogP contribution < -0.4 is 11.5 Å². The molecule has 0 amide bonds. The average Bonchev–Trinajstić information content (AvgIpc) is 3.42. The number of hydrogen-bond acceptors (Lipinski definition) is 8. The first-order valence-corrected chi connectivity index (χ1v) is 14.0. The first-order chi connectivity index (χ1) is 20.8. The molecule has 44 heavy (non-hydrogen) atoms. The Kier molecular flexibility index (Phi) is 12.0. The predicted molar refractivity (Wildman–Crippen MR) is 174 cm³/mol. The van der Waals surface area contributed by atoms with Crippen LogP contribution in [0.5, 0.6) is 0 Å². The molecule has 228 valence electrons. The first-order valence-electron chi connectivity index (χ1n) is 12.5. The topological polar surface area (TPSA) is 154 Å². The van der Waals surface area contributed by atoms with Gasteiger partial charge in [-0.05, 0) is 71.8 Å². The van der Waals surface area contributed by atoms with E-state index < -0.39 is 11.9 Å². The highest BCUT2D eigenvalue weighted by molar-refractivity contribution is 6.43. The standard InChI is InChI=1S/C16H11Cl2NO2.C9H8O4.C6H6Cl2N2/c1-21-16(20)10-4-2-9(3-5-10)14-7-11-6-12(17)13(18)8-15(11)19-14;1-13-9(12)7-4-2-6(3-5-7)8(10)11;7-3-1-5(9)6(10)2-4(3)8/h2-6,8H,7H2,1H3;2-5H,1H3,(H,10,11);1-2H,9-10H2. The molecule has 13 heteroatoms. The number of carbonyl (C=O) groups is 3. The zero-order valence-electron chi connectivity index (χ0n) is 23.2. The Hall–Kier alpha value is -4.28. The number of nitrogens with two attached hydrogens (primary N) is 2. The number of halogens is 4. The minimum absolute atomic E-state index is 0.146. The summed E-state index contributed by atoms with van der Waals surface area (Å²) in [5.74, 6) is -1.84. The number of nitrogen functional groups attached to an aromatic ring is 2. The van der Waals surface area contributed by atoms with E-state index in [2.05, 4.69) is 14.5 Å². The van der Waals surface area contributed by atoms with E-state index in [9.17, 15) is 14.4 Å². The third kappa shape index (κ3) is 8.87. The highest BCUT2D eigenvalue weighted by Gasteiger charge is 2.18. The number of ether oxygens (including phenoxy) is 2. The van der Waals surface area contributed by atoms with Gasteiger partial charge in [0.05, 0.1) is 73.8 Å². The van der Waals surface area contributed by atoms with Crippen molar-refractivity contribution in [2.24, 2.45) is 4.99 Å². The van der Waals surface area contributed by atoms with Crippen LogP contribution in [0.4, 0.5) is 17.1 Å². The number of carbonyl (C=O) groups excluding carboxylic acids is 2. The van der Waals surface area contributed by atoms with E-state index in [0.29, 0.717) is 49.0 Å². The summed E-state index contributed by atoms with van der Waals surface area (Å²) in [7, 11) is 2.63. The molecule has 1 aliphatic heterocycles. The summed E-state index contributed by atoms with van der Waals surface area (Å²) in [6, 6.07) is 19.4. The van der Waals surface area contributed by atoms with Gasteiger partial charge in [0.1, 0.15) is 0 Å². The number of fused-ring (bicyclic) bond motifs is 1. The fourth-order valence-electron chi connectivity index (χ4n) is 3.72. The lowest BCUT2D eigenvalue weighted by Gasteiger charge is -2.03. The molecular formula is C31H25Cl4N3O6. The van der Waals surface area contributed by atoms with E-state index in [0.717, 1.165) is 22.5 Å². The van der Waals surface area contributed by atoms with E-state index in [1.165, 1.54) is 50.6 Å². The van der Waals surface area contributed by atoms with Gasteiger partial charge in [-0.25, -0.2) is 14.4 Å². The smallest absolute Gasteiger partial charge is 0.337 e. The summed E-state index contributed by atoms with van der Waals surface area (Å²) >= 11 is 23.3. The van der Waals surface area contributed by atoms with Crippen LogP contribution in [0, 0.1) is 0 Å². The zero-order chi connectivity index (χ0) is 32.6. The Morgan fingerprint density at radius 2 is 1.09 bits per heavy atom. The fraction of sp³-hybridized carbons (Fsp3) is 0.0968. The van der Waals surface area contributed by atoms with Gasteiger partial charge >= 0.3 is 17.9 Å². The van der Waals surface area contributed by atoms with E-state index in [1.54, 1.807) is 18.2 Å². The quantitative estimate of drug-likeness (QED) is 0.146. The van der Waals surface area contributed by atoms with E-state index in [-0.39, 0.29) is 11.5 Å². The number of carboxylic acids is 1. The number of hydrogen-bond donors (Lipinski definition) is 3. The summed E-state index contributed by atoms with van der Waals surface area (Å²) in [6.45, 7) is 0. The van der Waals surface area contributed by atoms with Crippen LogP contribution in [0.2, 0.25) is 20.1 Å². The second-order valence-electron chi connectivity index (χ2n) is 8.97. The number of anilines is 2. The van der Waals surface area contributed by atoms with Crippen molar-refractivity contribution in [1.82, 2.24) is 0 Å². The van der Waals surface area contributed by atoms with Gasteiger partial charge < -0.3 is 26.0 Å². The Labute approximate surface area is 272 Å². The van der Waals surface area contributed by atoms with Crippen molar-refractivity contribution >= 4 is 87.1 Å². The van der Waals surface area contributed by atoms with Crippen molar-refractivity contribution in [2.75, 3.05) is 25.7 Å². The van der Waals surface area contributed by atoms with Gasteiger partial charge in [0.25, 0.3) is 0 Å². The van der Waals surface area contributed by atoms with Gasteiger partial charge in [0.15, 0.2) is 0 Å². The Bertz CT molecular complexity index is 1680. The van der Waals surface area contributed by atoms with Crippen LogP contribution in [0.15, 0.2) is 77.8 Å². The number of methoxy groups -OCH3 is 2. The molecule has 5 N–H and O–H groups in total. The maximum atomic E-state index is 11.4. The summed E-state index contributed by atoms with van der Waals surface area (Å²) in [5.41, 5.74) is 16.5. The van der Waals surface area contributed by atoms with Gasteiger partial charge in [0, 0.05) is 6.42 Å². The van der Waals surface area contributed by atoms with E-state index in [1.807, 2.05) is 18.2 Å². The first kappa shape index (κ1) is 34.2. The summed E-state index contributed by atoms with van der Waals surface area (Å²) in [5, 5.41) is 10.4. The number of rotatable bonds is 4. The Morgan fingerprint density at radius 3 is 1.55 bits per heavy atom. The molecule has 5 rings (SSSR count). The van der Waals surface area contributed by atoms with E-state index in [4.69, 9.17) is 63.0 Å². The maximum Gasteiger partial charge on any atom is 0.337 e. The molecule has 0 atom stereocenters. The summed E-state index contributed by atoms with van der Waals surface area (Å²) < 4.78 is 9.13. The molecule has 4 aromatic carbocycles. The van der Waals surface area contributed by atoms with Crippen LogP contribution >= 0.6 is 46.4 Å². The van der Waals surface area contributed by atoms with Crippen LogP contribution in [0.25, 0.3) is 0 Å². The number of nitrogens with zero attached hydrogens (tertiary/aromatic N) is 1. The van der Waals surface area contributed by atoms with Crippen molar-refractivity contribution in [3.8, 4) is 0 Å². The van der Waals surface area contributed by atoms with Crippen molar-refractivity contribution in [2.45, 2.75) is 6.42 Å². The molecule has 0 radical (unpaired) electrons. The van der Waals surface area contributed by atoms with Crippen LogP contribution in [0.3, 0.4) is 0 Å². The van der Waals surface area contributed by atoms with Gasteiger partial charge in [-0.2, -0.15) is 0 Å². The second-order valence-corrected chi connectivity index (χ2v) is 10.6. The molecular weight excluding hydrogens is 652 g/mol. The molecule has 0 fully saturated rings. The number of aliphatic imine (C=N–C) groups is 1. The summed E-state index contributed by atoms with van der Waals surface area (Å²) in [4.78, 5) is 37.4. The second kappa shape index (κ2) is 15.4. The van der Waals surface area contributed by atoms with Crippen molar-refractivity contribution in [3.05, 3.63) is 121 Å². The molecule has 1 heterocycles. The van der Waals surface area contributed by atoms with Crippen LogP contribution in [0.1, 0.15) is 42.2 Å². The monoisotopic (exact) mass is 675 g/mol. The molecule has 0 aromatic heterocycles. The lowest BCUT2D eigenvalue weighted by molar-refractivity contribution is 0.0591. The molecule has 9 nitrogen and oxygen atoms in total. The Morgan fingerprint density at radius 1 is 0.682 bits per heavy atom. The molecule has 0 aliphatic carbocycles. The van der Waals surface area contributed by atoms with Crippen molar-refractivity contribution in [3.63, 3.8) is 0 Å². The average molecular weight is 677 g/mol. The van der Waals surface area contributed by atoms with Crippen LogP contribution in [-0.2, 0) is 15.9 Å². The molecule has 4 aromatic rings. The highest BCUT2D eigenvalue weighted by atomic mass is 35.5. The molecule has 0 saturated heterocycles. The number of benzene rings is 4. The van der Waals surface area contributed by atoms with Crippen molar-refractivity contribution in [1.29, 1.82) is 0 Å². The molecule has 0 unspecified atom stereocenters. The van der Waals surface area contributed by atoms with Crippen molar-refractivity contribution < 1.29 is 29.0 Å². The number of esters is 2. The Balaban J connectivity index is 0.000000197. The van der Waals surface area contributed by atoms with Gasteiger partial charge in [0.2, 0.25) is 0 Å². The molecule has 1 aliphatic rings. The normalized spacial score (nSPS) is 11.1. The van der Waals surface area contributed by atoms with Crippen LogP contribution in [-0.4, -0.2) is 42.9 Å².